The molecule has 7 heteroatoms. The van der Waals surface area contributed by atoms with E-state index in [4.69, 9.17) is 9.73 Å². The van der Waals surface area contributed by atoms with Crippen LogP contribution in [0, 0.1) is 0 Å². The zero-order valence-electron chi connectivity index (χ0n) is 25.9. The minimum atomic E-state index is -0.717. The zero-order chi connectivity index (χ0) is 31.8. The molecule has 228 valence electrons. The summed E-state index contributed by atoms with van der Waals surface area (Å²) in [5.74, 6) is -0.147. The number of fused-ring (bicyclic) bond motifs is 2. The molecule has 0 saturated heterocycles. The maximum atomic E-state index is 14.5. The van der Waals surface area contributed by atoms with Gasteiger partial charge in [-0.05, 0) is 41.7 Å². The van der Waals surface area contributed by atoms with Crippen molar-refractivity contribution in [3.8, 4) is 11.3 Å². The van der Waals surface area contributed by atoms with Crippen LogP contribution >= 0.6 is 11.3 Å². The van der Waals surface area contributed by atoms with E-state index in [0.717, 1.165) is 38.9 Å². The lowest BCUT2D eigenvalue weighted by Gasteiger charge is -2.26. The highest BCUT2D eigenvalue weighted by Gasteiger charge is 2.35. The molecule has 0 fully saturated rings. The van der Waals surface area contributed by atoms with E-state index in [1.54, 1.807) is 11.5 Å². The second kappa shape index (κ2) is 12.3. The topological polar surface area (TPSA) is 76.4 Å². The van der Waals surface area contributed by atoms with E-state index in [9.17, 15) is 9.59 Å². The number of hydrogen-bond donors (Lipinski definition) is 1. The van der Waals surface area contributed by atoms with Gasteiger partial charge in [-0.2, -0.15) is 0 Å². The fraction of sp³-hybridized carbons (Fsp3) is 0.154. The van der Waals surface area contributed by atoms with Gasteiger partial charge in [-0.3, -0.25) is 9.36 Å². The molecule has 0 spiro atoms. The van der Waals surface area contributed by atoms with Crippen LogP contribution in [-0.2, 0) is 9.53 Å². The molecule has 2 aromatic heterocycles. The maximum absolute atomic E-state index is 14.5. The van der Waals surface area contributed by atoms with Gasteiger partial charge < -0.3 is 9.72 Å². The summed E-state index contributed by atoms with van der Waals surface area (Å²) >= 11 is 1.33. The number of ether oxygens (including phenoxy) is 1. The average molecular weight is 624 g/mol. The van der Waals surface area contributed by atoms with Crippen LogP contribution in [0.1, 0.15) is 55.0 Å². The first-order valence-electron chi connectivity index (χ1n) is 15.5. The number of carbonyl (C=O) groups is 1. The third-order valence-corrected chi connectivity index (χ3v) is 9.36. The minimum absolute atomic E-state index is 0.205. The smallest absolute Gasteiger partial charge is 0.338 e. The number of hydrogen-bond acceptors (Lipinski definition) is 5. The van der Waals surface area contributed by atoms with Crippen molar-refractivity contribution in [2.45, 2.75) is 32.7 Å². The van der Waals surface area contributed by atoms with Gasteiger partial charge in [0.05, 0.1) is 34.1 Å². The van der Waals surface area contributed by atoms with Gasteiger partial charge in [0.25, 0.3) is 5.56 Å². The third-order valence-electron chi connectivity index (χ3n) is 8.38. The van der Waals surface area contributed by atoms with Crippen molar-refractivity contribution in [2.24, 2.45) is 4.99 Å². The normalized spacial score (nSPS) is 14.9. The summed E-state index contributed by atoms with van der Waals surface area (Å²) in [4.78, 5) is 37.5. The quantitative estimate of drug-likeness (QED) is 0.191. The number of aromatic amines is 1. The molecule has 0 radical (unpaired) electrons. The second-order valence-electron chi connectivity index (χ2n) is 11.6. The molecule has 0 bridgehead atoms. The molecule has 6 nitrogen and oxygen atoms in total. The van der Waals surface area contributed by atoms with Crippen molar-refractivity contribution in [3.05, 3.63) is 157 Å². The lowest BCUT2D eigenvalue weighted by atomic mass is 9.91. The molecular formula is C39H33N3O3S. The van der Waals surface area contributed by atoms with Crippen LogP contribution in [0.4, 0.5) is 0 Å². The van der Waals surface area contributed by atoms with Crippen LogP contribution in [0.3, 0.4) is 0 Å². The molecule has 0 unspecified atom stereocenters. The zero-order valence-corrected chi connectivity index (χ0v) is 26.7. The number of benzene rings is 4. The van der Waals surface area contributed by atoms with E-state index in [1.165, 1.54) is 16.9 Å². The van der Waals surface area contributed by atoms with Gasteiger partial charge in [-0.1, -0.05) is 128 Å². The van der Waals surface area contributed by atoms with E-state index < -0.39 is 12.0 Å². The Morgan fingerprint density at radius 1 is 0.913 bits per heavy atom. The molecule has 7 rings (SSSR count). The van der Waals surface area contributed by atoms with E-state index >= 15 is 0 Å². The van der Waals surface area contributed by atoms with Crippen molar-refractivity contribution in [3.63, 3.8) is 0 Å². The van der Waals surface area contributed by atoms with E-state index in [-0.39, 0.29) is 12.2 Å². The number of carbonyl (C=O) groups excluding carboxylic acids is 1. The Bertz CT molecular complexity index is 2280. The molecule has 1 N–H and O–H groups in total. The Hall–Kier alpha value is -5.27. The molecule has 1 aliphatic heterocycles. The summed E-state index contributed by atoms with van der Waals surface area (Å²) < 4.78 is 7.82. The van der Waals surface area contributed by atoms with Crippen LogP contribution < -0.4 is 14.9 Å². The molecular weight excluding hydrogens is 591 g/mol. The van der Waals surface area contributed by atoms with Crippen LogP contribution in [0.25, 0.3) is 33.9 Å². The first-order chi connectivity index (χ1) is 22.4. The highest BCUT2D eigenvalue weighted by molar-refractivity contribution is 7.07. The summed E-state index contributed by atoms with van der Waals surface area (Å²) in [6.07, 6.45) is 1.96. The summed E-state index contributed by atoms with van der Waals surface area (Å²) in [6.45, 7) is 6.28. The monoisotopic (exact) mass is 623 g/mol. The standard InChI is InChI=1S/C39H33N3O3S/c1-4-45-38(44)33-35(27-15-9-6-10-16-27)41-39-42(36(33)28-21-19-25(20-22-28)24(2)3)37(43)32(46-39)23-30-29-17-11-12-18-31(29)40-34(30)26-13-7-5-8-14-26/h5-24,36,40H,4H2,1-3H3/b32-23-/t36-/m1/s1. The fourth-order valence-corrected chi connectivity index (χ4v) is 7.08. The Balaban J connectivity index is 1.52. The number of thiazole rings is 1. The molecule has 46 heavy (non-hydrogen) atoms. The summed E-state index contributed by atoms with van der Waals surface area (Å²) in [7, 11) is 0. The van der Waals surface area contributed by atoms with Gasteiger partial charge in [0.1, 0.15) is 0 Å². The fourth-order valence-electron chi connectivity index (χ4n) is 6.10. The van der Waals surface area contributed by atoms with Gasteiger partial charge in [-0.25, -0.2) is 9.79 Å². The molecule has 1 aliphatic rings. The third kappa shape index (κ3) is 5.22. The van der Waals surface area contributed by atoms with Gasteiger partial charge >= 0.3 is 5.97 Å². The lowest BCUT2D eigenvalue weighted by Crippen LogP contribution is -2.40. The number of nitrogens with zero attached hydrogens (tertiary/aromatic N) is 2. The van der Waals surface area contributed by atoms with Crippen molar-refractivity contribution < 1.29 is 9.53 Å². The highest BCUT2D eigenvalue weighted by Crippen LogP contribution is 2.36. The van der Waals surface area contributed by atoms with E-state index in [0.29, 0.717) is 26.5 Å². The van der Waals surface area contributed by atoms with Crippen LogP contribution in [0.15, 0.2) is 125 Å². The summed E-state index contributed by atoms with van der Waals surface area (Å²) in [6, 6.07) is 35.3. The first-order valence-corrected chi connectivity index (χ1v) is 16.3. The van der Waals surface area contributed by atoms with E-state index in [1.807, 2.05) is 84.9 Å². The Labute approximate surface area is 270 Å². The summed E-state index contributed by atoms with van der Waals surface area (Å²) in [5, 5.41) is 1.02. The number of rotatable bonds is 7. The molecule has 0 amide bonds. The molecule has 6 aromatic rings. The van der Waals surface area contributed by atoms with Gasteiger partial charge in [-0.15, -0.1) is 0 Å². The van der Waals surface area contributed by atoms with Crippen molar-refractivity contribution in [2.75, 3.05) is 6.61 Å². The van der Waals surface area contributed by atoms with Crippen LogP contribution in [0.5, 0.6) is 0 Å². The number of esters is 1. The second-order valence-corrected chi connectivity index (χ2v) is 12.6. The Morgan fingerprint density at radius 2 is 1.57 bits per heavy atom. The molecule has 0 saturated carbocycles. The van der Waals surface area contributed by atoms with Gasteiger partial charge in [0.15, 0.2) is 4.80 Å². The molecule has 3 heterocycles. The highest BCUT2D eigenvalue weighted by atomic mass is 32.1. The van der Waals surface area contributed by atoms with Gasteiger partial charge in [0, 0.05) is 22.0 Å². The SMILES string of the molecule is CCOC(=O)C1=C(c2ccccc2)N=c2s/c(=C\c3c(-c4ccccc4)[nH]c4ccccc34)c(=O)n2[C@@H]1c1ccc(C(C)C)cc1. The number of nitrogens with one attached hydrogen (secondary N) is 1. The predicted molar refractivity (Wildman–Crippen MR) is 185 cm³/mol. The number of H-pyrrole nitrogens is 1. The molecule has 1 atom stereocenters. The van der Waals surface area contributed by atoms with Crippen LogP contribution in [-0.4, -0.2) is 22.1 Å². The van der Waals surface area contributed by atoms with Crippen molar-refractivity contribution in [1.29, 1.82) is 0 Å². The van der Waals surface area contributed by atoms with E-state index in [2.05, 4.69) is 49.2 Å². The van der Waals surface area contributed by atoms with Crippen LogP contribution in [0.2, 0.25) is 0 Å². The van der Waals surface area contributed by atoms with Crippen molar-refractivity contribution >= 4 is 40.0 Å². The number of para-hydroxylation sites is 1. The minimum Gasteiger partial charge on any atom is -0.463 e. The largest absolute Gasteiger partial charge is 0.463 e. The summed E-state index contributed by atoms with van der Waals surface area (Å²) in [5.41, 5.74) is 7.31. The maximum Gasteiger partial charge on any atom is 0.338 e. The Kier molecular flexibility index (Phi) is 7.84. The van der Waals surface area contributed by atoms with Gasteiger partial charge in [0.2, 0.25) is 0 Å². The molecule has 0 aliphatic carbocycles. The predicted octanol–water partition coefficient (Wildman–Crippen LogP) is 7.21. The first kappa shape index (κ1) is 29.4. The number of aromatic nitrogens is 2. The Morgan fingerprint density at radius 3 is 2.24 bits per heavy atom. The lowest BCUT2D eigenvalue weighted by molar-refractivity contribution is -0.138. The average Bonchev–Trinajstić information content (AvgIpc) is 3.61. The molecule has 4 aromatic carbocycles. The van der Waals surface area contributed by atoms with Crippen molar-refractivity contribution in [1.82, 2.24) is 9.55 Å².